The van der Waals surface area contributed by atoms with Crippen LogP contribution in [0, 0.1) is 11.8 Å². The molecular weight excluding hydrogens is 394 g/mol. The minimum atomic E-state index is -1.09. The van der Waals surface area contributed by atoms with E-state index >= 15 is 0 Å². The van der Waals surface area contributed by atoms with Gasteiger partial charge in [-0.15, -0.1) is 0 Å². The third-order valence-electron chi connectivity index (χ3n) is 5.55. The summed E-state index contributed by atoms with van der Waals surface area (Å²) >= 11 is 0. The Hall–Kier alpha value is -2.83. The number of nitrogens with zero attached hydrogens (tertiary/aromatic N) is 1. The van der Waals surface area contributed by atoms with Crippen molar-refractivity contribution in [2.24, 2.45) is 11.8 Å². The second-order valence-electron chi connectivity index (χ2n) is 8.77. The van der Waals surface area contributed by atoms with Crippen molar-refractivity contribution in [1.29, 1.82) is 0 Å². The molecule has 2 rings (SSSR count). The molecule has 1 aromatic heterocycles. The molecule has 2 atom stereocenters. The highest BCUT2D eigenvalue weighted by atomic mass is 16.4. The standard InChI is InChI=1S/C24H35N3O4/c1-6-27(16(4)5)22(28)13-17(11-15(2)3)23(29)26-21(24(30)31)12-18-14-25-20-10-8-7-9-19(18)20/h7-10,14-17,21,25H,6,11-13H2,1-5H3,(H,26,29)(H,30,31)/t17?,21-/m1/s1. The lowest BCUT2D eigenvalue weighted by Gasteiger charge is -2.28. The van der Waals surface area contributed by atoms with Crippen molar-refractivity contribution < 1.29 is 19.5 Å². The number of aromatic amines is 1. The van der Waals surface area contributed by atoms with Crippen LogP contribution >= 0.6 is 0 Å². The largest absolute Gasteiger partial charge is 0.480 e. The van der Waals surface area contributed by atoms with E-state index in [0.29, 0.717) is 13.0 Å². The van der Waals surface area contributed by atoms with Gasteiger partial charge in [-0.25, -0.2) is 4.79 Å². The summed E-state index contributed by atoms with van der Waals surface area (Å²) in [5.74, 6) is -1.92. The Morgan fingerprint density at radius 2 is 1.81 bits per heavy atom. The van der Waals surface area contributed by atoms with Crippen molar-refractivity contribution >= 4 is 28.7 Å². The Morgan fingerprint density at radius 3 is 2.39 bits per heavy atom. The molecule has 0 bridgehead atoms. The van der Waals surface area contributed by atoms with Crippen LogP contribution in [0.4, 0.5) is 0 Å². The van der Waals surface area contributed by atoms with Gasteiger partial charge in [0.1, 0.15) is 6.04 Å². The fraction of sp³-hybridized carbons (Fsp3) is 0.542. The number of hydrogen-bond donors (Lipinski definition) is 3. The Kier molecular flexibility index (Phi) is 8.65. The van der Waals surface area contributed by atoms with E-state index in [1.807, 2.05) is 58.9 Å². The predicted octanol–water partition coefficient (Wildman–Crippen LogP) is 3.59. The SMILES string of the molecule is CCN(C(=O)CC(CC(C)C)C(=O)N[C@H](Cc1c[nH]c2ccccc12)C(=O)O)C(C)C. The maximum absolute atomic E-state index is 13.0. The summed E-state index contributed by atoms with van der Waals surface area (Å²) in [6, 6.07) is 6.63. The van der Waals surface area contributed by atoms with Gasteiger partial charge in [0, 0.05) is 48.4 Å². The number of amides is 2. The number of aliphatic carboxylic acids is 1. The molecular formula is C24H35N3O4. The van der Waals surface area contributed by atoms with Crippen molar-refractivity contribution in [3.8, 4) is 0 Å². The van der Waals surface area contributed by atoms with E-state index in [-0.39, 0.29) is 36.6 Å². The van der Waals surface area contributed by atoms with Gasteiger partial charge >= 0.3 is 5.97 Å². The molecule has 0 aliphatic rings. The van der Waals surface area contributed by atoms with Gasteiger partial charge < -0.3 is 20.3 Å². The Labute approximate surface area is 184 Å². The summed E-state index contributed by atoms with van der Waals surface area (Å²) in [4.78, 5) is 42.6. The number of carbonyl (C=O) groups is 3. The van der Waals surface area contributed by atoms with Gasteiger partial charge in [0.2, 0.25) is 11.8 Å². The van der Waals surface area contributed by atoms with E-state index in [2.05, 4.69) is 10.3 Å². The minimum absolute atomic E-state index is 0.0499. The maximum atomic E-state index is 13.0. The molecule has 3 N–H and O–H groups in total. The number of rotatable bonds is 11. The molecule has 0 saturated heterocycles. The number of benzene rings is 1. The topological polar surface area (TPSA) is 103 Å². The van der Waals surface area contributed by atoms with Gasteiger partial charge in [-0.3, -0.25) is 9.59 Å². The first-order valence-corrected chi connectivity index (χ1v) is 11.0. The van der Waals surface area contributed by atoms with Gasteiger partial charge in [-0.05, 0) is 44.7 Å². The fourth-order valence-electron chi connectivity index (χ4n) is 4.02. The number of nitrogens with one attached hydrogen (secondary N) is 2. The van der Waals surface area contributed by atoms with E-state index in [4.69, 9.17) is 0 Å². The Bertz CT molecular complexity index is 903. The van der Waals surface area contributed by atoms with Crippen LogP contribution < -0.4 is 5.32 Å². The first kappa shape index (κ1) is 24.4. The quantitative estimate of drug-likeness (QED) is 0.508. The van der Waals surface area contributed by atoms with Gasteiger partial charge in [0.15, 0.2) is 0 Å². The molecule has 170 valence electrons. The lowest BCUT2D eigenvalue weighted by Crippen LogP contribution is -2.46. The highest BCUT2D eigenvalue weighted by Crippen LogP contribution is 2.21. The zero-order valence-corrected chi connectivity index (χ0v) is 19.1. The molecule has 31 heavy (non-hydrogen) atoms. The van der Waals surface area contributed by atoms with Gasteiger partial charge in [-0.1, -0.05) is 32.0 Å². The van der Waals surface area contributed by atoms with Crippen LogP contribution in [-0.4, -0.2) is 51.4 Å². The molecule has 0 fully saturated rings. The van der Waals surface area contributed by atoms with Crippen molar-refractivity contribution in [3.63, 3.8) is 0 Å². The first-order chi connectivity index (χ1) is 14.6. The molecule has 1 heterocycles. The summed E-state index contributed by atoms with van der Waals surface area (Å²) < 4.78 is 0. The maximum Gasteiger partial charge on any atom is 0.326 e. The van der Waals surface area contributed by atoms with E-state index in [1.165, 1.54) is 0 Å². The van der Waals surface area contributed by atoms with Crippen LogP contribution in [0.2, 0.25) is 0 Å². The molecule has 0 aliphatic heterocycles. The highest BCUT2D eigenvalue weighted by molar-refractivity contribution is 5.90. The molecule has 0 radical (unpaired) electrons. The molecule has 2 amide bonds. The van der Waals surface area contributed by atoms with Crippen LogP contribution in [0.25, 0.3) is 10.9 Å². The van der Waals surface area contributed by atoms with Crippen LogP contribution in [0.3, 0.4) is 0 Å². The Morgan fingerprint density at radius 1 is 1.13 bits per heavy atom. The number of H-pyrrole nitrogens is 1. The van der Waals surface area contributed by atoms with Crippen molar-refractivity contribution in [3.05, 3.63) is 36.0 Å². The molecule has 1 unspecified atom stereocenters. The van der Waals surface area contributed by atoms with E-state index in [0.717, 1.165) is 16.5 Å². The highest BCUT2D eigenvalue weighted by Gasteiger charge is 2.30. The summed E-state index contributed by atoms with van der Waals surface area (Å²) in [7, 11) is 0. The normalized spacial score (nSPS) is 13.4. The van der Waals surface area contributed by atoms with Crippen molar-refractivity contribution in [2.45, 2.75) is 66.0 Å². The number of para-hydroxylation sites is 1. The zero-order chi connectivity index (χ0) is 23.1. The average molecular weight is 430 g/mol. The summed E-state index contributed by atoms with van der Waals surface area (Å²) in [6.07, 6.45) is 2.55. The molecule has 0 aliphatic carbocycles. The zero-order valence-electron chi connectivity index (χ0n) is 19.1. The van der Waals surface area contributed by atoms with Gasteiger partial charge in [0.25, 0.3) is 0 Å². The third kappa shape index (κ3) is 6.57. The molecule has 7 heteroatoms. The number of carbonyl (C=O) groups excluding carboxylic acids is 2. The second kappa shape index (κ2) is 11.0. The third-order valence-corrected chi connectivity index (χ3v) is 5.55. The van der Waals surface area contributed by atoms with E-state index in [1.54, 1.807) is 11.1 Å². The number of hydrogen-bond acceptors (Lipinski definition) is 3. The minimum Gasteiger partial charge on any atom is -0.480 e. The Balaban J connectivity index is 2.16. The van der Waals surface area contributed by atoms with Crippen LogP contribution in [0.5, 0.6) is 0 Å². The van der Waals surface area contributed by atoms with Crippen molar-refractivity contribution in [1.82, 2.24) is 15.2 Å². The molecule has 7 nitrogen and oxygen atoms in total. The average Bonchev–Trinajstić information content (AvgIpc) is 3.09. The second-order valence-corrected chi connectivity index (χ2v) is 8.77. The van der Waals surface area contributed by atoms with Crippen LogP contribution in [0.1, 0.15) is 53.0 Å². The summed E-state index contributed by atoms with van der Waals surface area (Å²) in [6.45, 7) is 10.4. The van der Waals surface area contributed by atoms with Gasteiger partial charge in [0.05, 0.1) is 0 Å². The summed E-state index contributed by atoms with van der Waals surface area (Å²) in [5.41, 5.74) is 1.75. The van der Waals surface area contributed by atoms with E-state index in [9.17, 15) is 19.5 Å². The number of aromatic nitrogens is 1. The van der Waals surface area contributed by atoms with Gasteiger partial charge in [-0.2, -0.15) is 0 Å². The summed E-state index contributed by atoms with van der Waals surface area (Å²) in [5, 5.41) is 13.4. The van der Waals surface area contributed by atoms with Crippen LogP contribution in [-0.2, 0) is 20.8 Å². The number of carboxylic acids is 1. The monoisotopic (exact) mass is 429 g/mol. The molecule has 1 aromatic carbocycles. The van der Waals surface area contributed by atoms with E-state index < -0.39 is 17.9 Å². The molecule has 0 spiro atoms. The number of fused-ring (bicyclic) bond motifs is 1. The molecule has 0 saturated carbocycles. The molecule has 2 aromatic rings. The lowest BCUT2D eigenvalue weighted by molar-refractivity contribution is -0.143. The lowest BCUT2D eigenvalue weighted by atomic mass is 9.92. The smallest absolute Gasteiger partial charge is 0.326 e. The fourth-order valence-corrected chi connectivity index (χ4v) is 4.02. The van der Waals surface area contributed by atoms with Crippen LogP contribution in [0.15, 0.2) is 30.5 Å². The predicted molar refractivity (Wildman–Crippen MR) is 122 cm³/mol. The number of carboxylic acid groups (broad SMARTS) is 1. The first-order valence-electron chi connectivity index (χ1n) is 11.0. The van der Waals surface area contributed by atoms with Crippen molar-refractivity contribution in [2.75, 3.05) is 6.54 Å².